The largest absolute Gasteiger partial charge is 0.378 e. The maximum absolute atomic E-state index is 5.58. The molecule has 4 heterocycles. The van der Waals surface area contributed by atoms with E-state index in [-0.39, 0.29) is 0 Å². The number of hydrogen-bond acceptors (Lipinski definition) is 8. The van der Waals surface area contributed by atoms with Crippen molar-refractivity contribution < 1.29 is 4.74 Å². The zero-order valence-electron chi connectivity index (χ0n) is 16.4. The number of hydrogen-bond donors (Lipinski definition) is 2. The minimum atomic E-state index is 0.732. The summed E-state index contributed by atoms with van der Waals surface area (Å²) in [5, 5.41) is 9.09. The molecule has 1 aliphatic carbocycles. The second kappa shape index (κ2) is 7.81. The Morgan fingerprint density at radius 3 is 3.00 bits per heavy atom. The van der Waals surface area contributed by atoms with Crippen LogP contribution < -0.4 is 9.62 Å². The van der Waals surface area contributed by atoms with Crippen LogP contribution in [0.1, 0.15) is 17.7 Å². The first-order valence-corrected chi connectivity index (χ1v) is 12.0. The molecular weight excluding hydrogens is 416 g/mol. The highest BCUT2D eigenvalue weighted by Gasteiger charge is 2.23. The van der Waals surface area contributed by atoms with Gasteiger partial charge in [-0.05, 0) is 25.0 Å². The van der Waals surface area contributed by atoms with Gasteiger partial charge in [0.25, 0.3) is 0 Å². The first-order chi connectivity index (χ1) is 14.8. The molecule has 1 saturated carbocycles. The molecule has 154 valence electrons. The van der Waals surface area contributed by atoms with Crippen molar-refractivity contribution in [3.05, 3.63) is 35.3 Å². The summed E-state index contributed by atoms with van der Waals surface area (Å²) < 4.78 is 10.3. The molecule has 0 unspecified atom stereocenters. The Morgan fingerprint density at radius 1 is 1.23 bits per heavy atom. The predicted molar refractivity (Wildman–Crippen MR) is 123 cm³/mol. The van der Waals surface area contributed by atoms with Crippen LogP contribution in [0.2, 0.25) is 0 Å². The molecule has 2 aliphatic rings. The van der Waals surface area contributed by atoms with Gasteiger partial charge >= 0.3 is 0 Å². The molecule has 1 saturated heterocycles. The summed E-state index contributed by atoms with van der Waals surface area (Å²) in [7, 11) is 0. The lowest BCUT2D eigenvalue weighted by Gasteiger charge is -2.28. The molecular formula is C21H22N6OS2. The van der Waals surface area contributed by atoms with E-state index in [0.29, 0.717) is 0 Å². The highest BCUT2D eigenvalue weighted by Crippen LogP contribution is 2.37. The summed E-state index contributed by atoms with van der Waals surface area (Å²) in [6.45, 7) is 4.03. The van der Waals surface area contributed by atoms with E-state index in [9.17, 15) is 0 Å². The monoisotopic (exact) mass is 438 g/mol. The van der Waals surface area contributed by atoms with Gasteiger partial charge in [-0.3, -0.25) is 9.82 Å². The number of nitrogens with zero attached hydrogens (tertiary/aromatic N) is 4. The summed E-state index contributed by atoms with van der Waals surface area (Å²) in [6.07, 6.45) is 4.52. The number of nitrogens with one attached hydrogen (secondary N) is 2. The zero-order valence-corrected chi connectivity index (χ0v) is 18.1. The molecule has 6 rings (SSSR count). The normalized spacial score (nSPS) is 17.3. The Labute approximate surface area is 182 Å². The van der Waals surface area contributed by atoms with Crippen LogP contribution in [0.15, 0.2) is 30.5 Å². The highest BCUT2D eigenvalue weighted by atomic mass is 32.2. The maximum atomic E-state index is 5.58. The van der Waals surface area contributed by atoms with Gasteiger partial charge < -0.3 is 9.64 Å². The minimum absolute atomic E-state index is 0.732. The van der Waals surface area contributed by atoms with Crippen molar-refractivity contribution in [3.63, 3.8) is 0 Å². The van der Waals surface area contributed by atoms with Crippen molar-refractivity contribution in [2.75, 3.05) is 31.2 Å². The van der Waals surface area contributed by atoms with Crippen molar-refractivity contribution in [3.8, 4) is 11.4 Å². The zero-order chi connectivity index (χ0) is 19.9. The number of ether oxygens (including phenoxy) is 1. The third-order valence-corrected chi connectivity index (χ3v) is 7.70. The molecule has 1 aromatic carbocycles. The third kappa shape index (κ3) is 3.56. The number of benzene rings is 1. The molecule has 1 aliphatic heterocycles. The number of thiophene rings is 1. The fourth-order valence-electron chi connectivity index (χ4n) is 3.74. The van der Waals surface area contributed by atoms with Crippen LogP contribution in [0.25, 0.3) is 32.5 Å². The van der Waals surface area contributed by atoms with E-state index in [1.54, 1.807) is 11.3 Å². The van der Waals surface area contributed by atoms with Crippen LogP contribution in [0.5, 0.6) is 0 Å². The molecule has 7 nitrogen and oxygen atoms in total. The van der Waals surface area contributed by atoms with E-state index < -0.39 is 0 Å². The van der Waals surface area contributed by atoms with Gasteiger partial charge in [-0.25, -0.2) is 9.97 Å². The first kappa shape index (κ1) is 18.6. The van der Waals surface area contributed by atoms with E-state index in [1.165, 1.54) is 17.7 Å². The molecule has 4 aromatic rings. The van der Waals surface area contributed by atoms with Crippen LogP contribution in [-0.4, -0.2) is 51.7 Å². The fourth-order valence-corrected chi connectivity index (χ4v) is 5.73. The lowest BCUT2D eigenvalue weighted by Crippen LogP contribution is -2.36. The van der Waals surface area contributed by atoms with Crippen molar-refractivity contribution in [2.45, 2.75) is 24.6 Å². The van der Waals surface area contributed by atoms with Crippen LogP contribution in [0.3, 0.4) is 0 Å². The van der Waals surface area contributed by atoms with E-state index in [4.69, 9.17) is 14.7 Å². The Morgan fingerprint density at radius 2 is 2.13 bits per heavy atom. The van der Waals surface area contributed by atoms with Crippen LogP contribution >= 0.6 is 23.3 Å². The topological polar surface area (TPSA) is 79.0 Å². The maximum Gasteiger partial charge on any atom is 0.162 e. The van der Waals surface area contributed by atoms with E-state index in [0.717, 1.165) is 76.4 Å². The summed E-state index contributed by atoms with van der Waals surface area (Å²) in [4.78, 5) is 13.7. The molecule has 0 amide bonds. The number of morpholine rings is 1. The summed E-state index contributed by atoms with van der Waals surface area (Å²) >= 11 is 3.66. The summed E-state index contributed by atoms with van der Waals surface area (Å²) in [5.41, 5.74) is 3.02. The van der Waals surface area contributed by atoms with Crippen LogP contribution in [0.4, 0.5) is 5.82 Å². The van der Waals surface area contributed by atoms with Gasteiger partial charge in [-0.2, -0.15) is 5.10 Å². The van der Waals surface area contributed by atoms with Gasteiger partial charge in [0.1, 0.15) is 0 Å². The van der Waals surface area contributed by atoms with Crippen LogP contribution in [0, 0.1) is 0 Å². The van der Waals surface area contributed by atoms with Crippen LogP contribution in [-0.2, 0) is 11.3 Å². The fraction of sp³-hybridized carbons (Fsp3) is 0.381. The van der Waals surface area contributed by atoms with Crippen molar-refractivity contribution in [1.82, 2.24) is 24.9 Å². The van der Waals surface area contributed by atoms with Crippen molar-refractivity contribution >= 4 is 50.2 Å². The van der Waals surface area contributed by atoms with E-state index >= 15 is 0 Å². The molecule has 3 aromatic heterocycles. The highest BCUT2D eigenvalue weighted by molar-refractivity contribution is 7.98. The summed E-state index contributed by atoms with van der Waals surface area (Å²) in [6, 6.07) is 8.34. The van der Waals surface area contributed by atoms with E-state index in [2.05, 4.69) is 32.0 Å². The number of anilines is 1. The average Bonchev–Trinajstić information content (AvgIpc) is 3.31. The lowest BCUT2D eigenvalue weighted by atomic mass is 10.1. The van der Waals surface area contributed by atoms with Gasteiger partial charge in [0.2, 0.25) is 0 Å². The first-order valence-electron chi connectivity index (χ1n) is 10.3. The minimum Gasteiger partial charge on any atom is -0.378 e. The second-order valence-corrected chi connectivity index (χ2v) is 10.0. The molecule has 9 heteroatoms. The number of aromatic nitrogens is 4. The third-order valence-electron chi connectivity index (χ3n) is 5.46. The van der Waals surface area contributed by atoms with Gasteiger partial charge in [-0.15, -0.1) is 11.3 Å². The standard InChI is InChI=1S/C21H22N6OS2/c1-2-15(16-12-22-26-17(16)3-1)20-24-18-10-14(11-23-30-13-4-5-13)29-19(18)21(25-20)27-6-8-28-9-7-27/h1-3,10,12-13,23H,4-9,11H2,(H,22,26). The van der Waals surface area contributed by atoms with E-state index in [1.807, 2.05) is 30.3 Å². The Bertz CT molecular complexity index is 1190. The molecule has 2 fully saturated rings. The van der Waals surface area contributed by atoms with Gasteiger partial charge in [-0.1, -0.05) is 24.1 Å². The molecule has 0 spiro atoms. The summed E-state index contributed by atoms with van der Waals surface area (Å²) in [5.74, 6) is 1.77. The SMILES string of the molecule is c1cc(-c2nc(N3CCOCC3)c3sc(CNSC4CC4)cc3n2)c2cn[nH]c2c1. The smallest absolute Gasteiger partial charge is 0.162 e. The Kier molecular flexibility index (Phi) is 4.83. The van der Waals surface area contributed by atoms with Crippen molar-refractivity contribution in [1.29, 1.82) is 0 Å². The molecule has 30 heavy (non-hydrogen) atoms. The molecule has 2 N–H and O–H groups in total. The Hall–Kier alpha value is -2.20. The molecule has 0 bridgehead atoms. The number of H-pyrrole nitrogens is 1. The number of aromatic amines is 1. The number of rotatable bonds is 6. The molecule has 0 atom stereocenters. The quantitative estimate of drug-likeness (QED) is 0.441. The average molecular weight is 439 g/mol. The predicted octanol–water partition coefficient (Wildman–Crippen LogP) is 3.97. The molecule has 0 radical (unpaired) electrons. The second-order valence-electron chi connectivity index (χ2n) is 7.67. The van der Waals surface area contributed by atoms with Gasteiger partial charge in [0, 0.05) is 40.7 Å². The number of fused-ring (bicyclic) bond motifs is 2. The van der Waals surface area contributed by atoms with Crippen molar-refractivity contribution in [2.24, 2.45) is 0 Å². The Balaban J connectivity index is 1.43. The van der Waals surface area contributed by atoms with Gasteiger partial charge in [0.15, 0.2) is 11.6 Å². The lowest BCUT2D eigenvalue weighted by molar-refractivity contribution is 0.122. The van der Waals surface area contributed by atoms with Gasteiger partial charge in [0.05, 0.1) is 35.1 Å².